The molecule has 1 aromatic heterocycles. The first-order chi connectivity index (χ1) is 15.4. The largest absolute Gasteiger partial charge is 0.379 e. The van der Waals surface area contributed by atoms with Crippen LogP contribution in [-0.4, -0.2) is 87.6 Å². The molecule has 1 aromatic carbocycles. The van der Waals surface area contributed by atoms with Crippen molar-refractivity contribution < 1.29 is 22.3 Å². The average Bonchev–Trinajstić information content (AvgIpc) is 3.35. The Labute approximate surface area is 191 Å². The summed E-state index contributed by atoms with van der Waals surface area (Å²) in [7, 11) is -3.71. The van der Waals surface area contributed by atoms with Gasteiger partial charge in [-0.05, 0) is 35.7 Å². The fourth-order valence-corrected chi connectivity index (χ4v) is 6.25. The lowest BCUT2D eigenvalue weighted by atomic mass is 10.2. The fraction of sp³-hybridized carbons (Fsp3) is 0.476. The monoisotopic (exact) mass is 482 g/mol. The van der Waals surface area contributed by atoms with Crippen LogP contribution in [0.15, 0.2) is 46.7 Å². The van der Waals surface area contributed by atoms with E-state index < -0.39 is 15.8 Å². The zero-order valence-corrected chi connectivity index (χ0v) is 19.3. The molecule has 2 fully saturated rings. The van der Waals surface area contributed by atoms with E-state index in [0.29, 0.717) is 32.8 Å². The number of hydrogen-bond donors (Lipinski definition) is 1. The summed E-state index contributed by atoms with van der Waals surface area (Å²) < 4.78 is 45.5. The molecule has 0 radical (unpaired) electrons. The van der Waals surface area contributed by atoms with E-state index >= 15 is 0 Å². The second-order valence-electron chi connectivity index (χ2n) is 7.71. The van der Waals surface area contributed by atoms with E-state index in [-0.39, 0.29) is 30.1 Å². The standard InChI is InChI=1S/C21H27FN4O4S2/c22-17-3-5-18(6-4-17)32(28,29)26-9-7-25(8-10-26)21(27)23-16-19(20-2-1-15-31-20)24-11-13-30-14-12-24/h1-6,15,19H,7-14,16H2,(H,23,27). The smallest absolute Gasteiger partial charge is 0.317 e. The number of piperazine rings is 1. The average molecular weight is 483 g/mol. The molecule has 3 heterocycles. The molecule has 0 bridgehead atoms. The summed E-state index contributed by atoms with van der Waals surface area (Å²) in [6, 6.07) is 8.78. The van der Waals surface area contributed by atoms with Crippen molar-refractivity contribution in [2.24, 2.45) is 0 Å². The molecule has 32 heavy (non-hydrogen) atoms. The van der Waals surface area contributed by atoms with E-state index in [2.05, 4.69) is 16.3 Å². The normalized spacial score (nSPS) is 19.6. The number of nitrogens with zero attached hydrogens (tertiary/aromatic N) is 3. The van der Waals surface area contributed by atoms with Crippen molar-refractivity contribution in [1.82, 2.24) is 19.4 Å². The molecule has 2 aromatic rings. The molecule has 2 amide bonds. The highest BCUT2D eigenvalue weighted by molar-refractivity contribution is 7.89. The van der Waals surface area contributed by atoms with Crippen LogP contribution in [0.4, 0.5) is 9.18 Å². The van der Waals surface area contributed by atoms with Crippen molar-refractivity contribution in [2.45, 2.75) is 10.9 Å². The fourth-order valence-electron chi connectivity index (χ4n) is 3.96. The number of sulfonamides is 1. The predicted octanol–water partition coefficient (Wildman–Crippen LogP) is 1.98. The van der Waals surface area contributed by atoms with Crippen LogP contribution in [0.2, 0.25) is 0 Å². The maximum Gasteiger partial charge on any atom is 0.317 e. The van der Waals surface area contributed by atoms with Crippen molar-refractivity contribution in [1.29, 1.82) is 0 Å². The van der Waals surface area contributed by atoms with Crippen LogP contribution in [0.1, 0.15) is 10.9 Å². The molecule has 0 spiro atoms. The second kappa shape index (κ2) is 10.3. The summed E-state index contributed by atoms with van der Waals surface area (Å²) in [4.78, 5) is 18.0. The lowest BCUT2D eigenvalue weighted by Crippen LogP contribution is -2.54. The Morgan fingerprint density at radius 2 is 1.75 bits per heavy atom. The molecule has 1 unspecified atom stereocenters. The minimum absolute atomic E-state index is 0.0566. The van der Waals surface area contributed by atoms with Crippen LogP contribution < -0.4 is 5.32 Å². The predicted molar refractivity (Wildman–Crippen MR) is 120 cm³/mol. The third kappa shape index (κ3) is 5.29. The summed E-state index contributed by atoms with van der Waals surface area (Å²) in [5.74, 6) is -0.483. The third-order valence-corrected chi connectivity index (χ3v) is 8.67. The number of thiophene rings is 1. The van der Waals surface area contributed by atoms with Crippen molar-refractivity contribution in [3.8, 4) is 0 Å². The topological polar surface area (TPSA) is 82.2 Å². The molecule has 11 heteroatoms. The van der Waals surface area contributed by atoms with E-state index in [4.69, 9.17) is 4.74 Å². The number of ether oxygens (including phenoxy) is 1. The van der Waals surface area contributed by atoms with Crippen molar-refractivity contribution in [3.63, 3.8) is 0 Å². The molecule has 1 N–H and O–H groups in total. The number of morpholine rings is 1. The molecular weight excluding hydrogens is 455 g/mol. The van der Waals surface area contributed by atoms with Gasteiger partial charge in [-0.2, -0.15) is 4.31 Å². The number of carbonyl (C=O) groups excluding carboxylic acids is 1. The Hall–Kier alpha value is -2.05. The molecule has 4 rings (SSSR count). The molecular formula is C21H27FN4O4S2. The number of amides is 2. The van der Waals surface area contributed by atoms with Crippen molar-refractivity contribution >= 4 is 27.4 Å². The van der Waals surface area contributed by atoms with Crippen LogP contribution in [0, 0.1) is 5.82 Å². The van der Waals surface area contributed by atoms with Gasteiger partial charge < -0.3 is 15.0 Å². The van der Waals surface area contributed by atoms with E-state index in [1.54, 1.807) is 16.2 Å². The number of urea groups is 1. The molecule has 1 atom stereocenters. The van der Waals surface area contributed by atoms with E-state index in [9.17, 15) is 17.6 Å². The van der Waals surface area contributed by atoms with Crippen LogP contribution in [0.25, 0.3) is 0 Å². The van der Waals surface area contributed by atoms with Crippen LogP contribution in [-0.2, 0) is 14.8 Å². The highest BCUT2D eigenvalue weighted by Crippen LogP contribution is 2.25. The number of rotatable bonds is 6. The summed E-state index contributed by atoms with van der Waals surface area (Å²) in [6.45, 7) is 4.47. The molecule has 0 aliphatic carbocycles. The summed E-state index contributed by atoms with van der Waals surface area (Å²) in [5, 5.41) is 5.06. The van der Waals surface area contributed by atoms with E-state index in [1.165, 1.54) is 21.3 Å². The molecule has 174 valence electrons. The highest BCUT2D eigenvalue weighted by Gasteiger charge is 2.31. The quantitative estimate of drug-likeness (QED) is 0.681. The lowest BCUT2D eigenvalue weighted by Gasteiger charge is -2.36. The molecule has 2 aliphatic heterocycles. The number of nitrogens with one attached hydrogen (secondary N) is 1. The molecule has 8 nitrogen and oxygen atoms in total. The van der Waals surface area contributed by atoms with Gasteiger partial charge in [0.05, 0.1) is 24.2 Å². The Morgan fingerprint density at radius 1 is 1.06 bits per heavy atom. The van der Waals surface area contributed by atoms with Crippen molar-refractivity contribution in [2.75, 3.05) is 59.0 Å². The number of hydrogen-bond acceptors (Lipinski definition) is 6. The molecule has 2 saturated heterocycles. The van der Waals surface area contributed by atoms with Gasteiger partial charge >= 0.3 is 6.03 Å². The van der Waals surface area contributed by atoms with Gasteiger partial charge in [-0.25, -0.2) is 17.6 Å². The summed E-state index contributed by atoms with van der Waals surface area (Å²) in [5.41, 5.74) is 0. The number of carbonyl (C=O) groups is 1. The van der Waals surface area contributed by atoms with Gasteiger partial charge in [0, 0.05) is 50.7 Å². The number of halogens is 1. The Balaban J connectivity index is 1.32. The Morgan fingerprint density at radius 3 is 2.38 bits per heavy atom. The van der Waals surface area contributed by atoms with Gasteiger partial charge in [-0.1, -0.05) is 6.07 Å². The number of benzene rings is 1. The lowest BCUT2D eigenvalue weighted by molar-refractivity contribution is 0.0171. The zero-order valence-electron chi connectivity index (χ0n) is 17.7. The third-order valence-electron chi connectivity index (χ3n) is 5.78. The second-order valence-corrected chi connectivity index (χ2v) is 10.6. The molecule has 0 saturated carbocycles. The Bertz CT molecular complexity index is 987. The van der Waals surface area contributed by atoms with Gasteiger partial charge in [-0.15, -0.1) is 11.3 Å². The van der Waals surface area contributed by atoms with Crippen molar-refractivity contribution in [3.05, 3.63) is 52.5 Å². The maximum absolute atomic E-state index is 13.1. The maximum atomic E-state index is 13.1. The first kappa shape index (κ1) is 23.1. The first-order valence-electron chi connectivity index (χ1n) is 10.6. The van der Waals surface area contributed by atoms with Gasteiger partial charge in [0.2, 0.25) is 10.0 Å². The zero-order chi connectivity index (χ0) is 22.6. The Kier molecular flexibility index (Phi) is 7.41. The van der Waals surface area contributed by atoms with Crippen LogP contribution in [0.3, 0.4) is 0 Å². The molecule has 2 aliphatic rings. The van der Waals surface area contributed by atoms with Crippen LogP contribution >= 0.6 is 11.3 Å². The van der Waals surface area contributed by atoms with Crippen LogP contribution in [0.5, 0.6) is 0 Å². The van der Waals surface area contributed by atoms with Gasteiger partial charge in [0.15, 0.2) is 0 Å². The minimum atomic E-state index is -3.71. The van der Waals surface area contributed by atoms with Gasteiger partial charge in [-0.3, -0.25) is 4.90 Å². The van der Waals surface area contributed by atoms with Gasteiger partial charge in [0.1, 0.15) is 5.82 Å². The van der Waals surface area contributed by atoms with Gasteiger partial charge in [0.25, 0.3) is 0 Å². The van der Waals surface area contributed by atoms with E-state index in [1.807, 2.05) is 11.4 Å². The van der Waals surface area contributed by atoms with E-state index in [0.717, 1.165) is 25.2 Å². The first-order valence-corrected chi connectivity index (χ1v) is 12.9. The SMILES string of the molecule is O=C(NCC(c1cccs1)N1CCOCC1)N1CCN(S(=O)(=O)c2ccc(F)cc2)CC1. The highest BCUT2D eigenvalue weighted by atomic mass is 32.2. The summed E-state index contributed by atoms with van der Waals surface area (Å²) >= 11 is 1.67. The summed E-state index contributed by atoms with van der Waals surface area (Å²) in [6.07, 6.45) is 0. The minimum Gasteiger partial charge on any atom is -0.379 e.